The van der Waals surface area contributed by atoms with Crippen molar-refractivity contribution >= 4 is 5.91 Å². The van der Waals surface area contributed by atoms with Crippen LogP contribution in [0.3, 0.4) is 0 Å². The van der Waals surface area contributed by atoms with E-state index in [-0.39, 0.29) is 5.91 Å². The third kappa shape index (κ3) is 3.10. The molecule has 1 aliphatic heterocycles. The second kappa shape index (κ2) is 6.60. The molecule has 22 heavy (non-hydrogen) atoms. The van der Waals surface area contributed by atoms with Crippen molar-refractivity contribution in [3.05, 3.63) is 41.5 Å². The van der Waals surface area contributed by atoms with Gasteiger partial charge in [-0.05, 0) is 37.1 Å². The van der Waals surface area contributed by atoms with E-state index in [1.54, 1.807) is 31.4 Å². The highest BCUT2D eigenvalue weighted by molar-refractivity contribution is 5.94. The summed E-state index contributed by atoms with van der Waals surface area (Å²) in [6.45, 7) is 1.34. The van der Waals surface area contributed by atoms with Crippen LogP contribution in [0.15, 0.2) is 24.3 Å². The van der Waals surface area contributed by atoms with Crippen LogP contribution in [0, 0.1) is 0 Å². The molecule has 0 atom stereocenters. The van der Waals surface area contributed by atoms with Crippen molar-refractivity contribution < 1.29 is 9.53 Å². The average Bonchev–Trinajstić information content (AvgIpc) is 2.79. The first-order chi connectivity index (χ1) is 10.8. The Labute approximate surface area is 129 Å². The first-order valence-corrected chi connectivity index (χ1v) is 7.61. The molecule has 0 radical (unpaired) electrons. The van der Waals surface area contributed by atoms with Gasteiger partial charge in [-0.25, -0.2) is 0 Å². The third-order valence-corrected chi connectivity index (χ3v) is 3.95. The Morgan fingerprint density at radius 3 is 2.82 bits per heavy atom. The lowest BCUT2D eigenvalue weighted by Gasteiger charge is -2.08. The van der Waals surface area contributed by atoms with Gasteiger partial charge in [-0.2, -0.15) is 0 Å². The Hall–Kier alpha value is -2.37. The summed E-state index contributed by atoms with van der Waals surface area (Å²) in [7, 11) is 1.60. The van der Waals surface area contributed by atoms with Crippen LogP contribution < -0.4 is 10.1 Å². The number of nitrogens with one attached hydrogen (secondary N) is 1. The Balaban J connectivity index is 1.64. The fourth-order valence-electron chi connectivity index (χ4n) is 2.68. The van der Waals surface area contributed by atoms with Crippen LogP contribution in [0.25, 0.3) is 0 Å². The molecule has 1 aliphatic rings. The molecule has 1 amide bonds. The molecule has 1 aromatic heterocycles. The molecule has 6 heteroatoms. The lowest BCUT2D eigenvalue weighted by molar-refractivity contribution is 0.0949. The molecule has 1 N–H and O–H groups in total. The van der Waals surface area contributed by atoms with Gasteiger partial charge < -0.3 is 14.6 Å². The minimum absolute atomic E-state index is 0.117. The summed E-state index contributed by atoms with van der Waals surface area (Å²) in [5.74, 6) is 2.48. The van der Waals surface area contributed by atoms with Crippen molar-refractivity contribution in [2.24, 2.45) is 0 Å². The van der Waals surface area contributed by atoms with Crippen LogP contribution in [-0.4, -0.2) is 27.8 Å². The van der Waals surface area contributed by atoms with Crippen molar-refractivity contribution in [1.82, 2.24) is 20.1 Å². The monoisotopic (exact) mass is 300 g/mol. The van der Waals surface area contributed by atoms with Crippen molar-refractivity contribution in [1.29, 1.82) is 0 Å². The van der Waals surface area contributed by atoms with Gasteiger partial charge in [-0.1, -0.05) is 6.42 Å². The smallest absolute Gasteiger partial charge is 0.251 e. The summed E-state index contributed by atoms with van der Waals surface area (Å²) in [6, 6.07) is 7.05. The maximum absolute atomic E-state index is 12.2. The largest absolute Gasteiger partial charge is 0.497 e. The van der Waals surface area contributed by atoms with Gasteiger partial charge in [0.15, 0.2) is 5.82 Å². The lowest BCUT2D eigenvalue weighted by atomic mass is 10.2. The van der Waals surface area contributed by atoms with Crippen molar-refractivity contribution in [2.45, 2.75) is 38.8 Å². The van der Waals surface area contributed by atoms with Crippen LogP contribution >= 0.6 is 0 Å². The summed E-state index contributed by atoms with van der Waals surface area (Å²) >= 11 is 0. The molecule has 0 saturated heterocycles. The second-order valence-corrected chi connectivity index (χ2v) is 5.41. The zero-order valence-electron chi connectivity index (χ0n) is 12.7. The predicted molar refractivity (Wildman–Crippen MR) is 81.7 cm³/mol. The SMILES string of the molecule is COc1ccc(C(=O)NCc2nnc3n2CCCCC3)cc1. The normalized spacial score (nSPS) is 14.0. The number of carbonyl (C=O) groups excluding carboxylic acids is 1. The van der Waals surface area contributed by atoms with Gasteiger partial charge in [0.05, 0.1) is 13.7 Å². The zero-order valence-corrected chi connectivity index (χ0v) is 12.7. The number of hydrogen-bond donors (Lipinski definition) is 1. The molecule has 116 valence electrons. The molecule has 0 aliphatic carbocycles. The summed E-state index contributed by atoms with van der Waals surface area (Å²) in [6.07, 6.45) is 4.50. The van der Waals surface area contributed by atoms with Crippen molar-refractivity contribution in [2.75, 3.05) is 7.11 Å². The van der Waals surface area contributed by atoms with E-state index in [4.69, 9.17) is 4.74 Å². The van der Waals surface area contributed by atoms with E-state index in [0.29, 0.717) is 12.1 Å². The molecule has 1 aromatic carbocycles. The van der Waals surface area contributed by atoms with Crippen molar-refractivity contribution in [3.63, 3.8) is 0 Å². The van der Waals surface area contributed by atoms with Crippen LogP contribution in [0.5, 0.6) is 5.75 Å². The number of aromatic nitrogens is 3. The van der Waals surface area contributed by atoms with E-state index in [1.165, 1.54) is 6.42 Å². The van der Waals surface area contributed by atoms with Gasteiger partial charge in [-0.15, -0.1) is 10.2 Å². The molecule has 0 unspecified atom stereocenters. The molecule has 0 spiro atoms. The van der Waals surface area contributed by atoms with Crippen LogP contribution in [0.2, 0.25) is 0 Å². The minimum atomic E-state index is -0.117. The molecule has 2 heterocycles. The number of hydrogen-bond acceptors (Lipinski definition) is 4. The van der Waals surface area contributed by atoms with E-state index < -0.39 is 0 Å². The van der Waals surface area contributed by atoms with E-state index in [2.05, 4.69) is 20.1 Å². The number of nitrogens with zero attached hydrogens (tertiary/aromatic N) is 3. The molecule has 0 saturated carbocycles. The Morgan fingerprint density at radius 1 is 1.23 bits per heavy atom. The molecule has 0 bridgehead atoms. The number of fused-ring (bicyclic) bond motifs is 1. The van der Waals surface area contributed by atoms with E-state index in [0.717, 1.165) is 43.2 Å². The number of benzene rings is 1. The molecular weight excluding hydrogens is 280 g/mol. The number of amides is 1. The number of ether oxygens (including phenoxy) is 1. The minimum Gasteiger partial charge on any atom is -0.497 e. The summed E-state index contributed by atoms with van der Waals surface area (Å²) in [5, 5.41) is 11.4. The zero-order chi connectivity index (χ0) is 15.4. The topological polar surface area (TPSA) is 69.0 Å². The maximum atomic E-state index is 12.2. The fraction of sp³-hybridized carbons (Fsp3) is 0.438. The van der Waals surface area contributed by atoms with Gasteiger partial charge in [0.1, 0.15) is 11.6 Å². The number of methoxy groups -OCH3 is 1. The number of carbonyl (C=O) groups is 1. The molecule has 6 nitrogen and oxygen atoms in total. The Bertz CT molecular complexity index is 649. The van der Waals surface area contributed by atoms with E-state index >= 15 is 0 Å². The molecule has 2 aromatic rings. The molecule has 3 rings (SSSR count). The van der Waals surface area contributed by atoms with Gasteiger partial charge in [0.25, 0.3) is 5.91 Å². The fourth-order valence-corrected chi connectivity index (χ4v) is 2.68. The lowest BCUT2D eigenvalue weighted by Crippen LogP contribution is -2.25. The average molecular weight is 300 g/mol. The molecular formula is C16H20N4O2. The first kappa shape index (κ1) is 14.6. The summed E-state index contributed by atoms with van der Waals surface area (Å²) in [4.78, 5) is 12.2. The van der Waals surface area contributed by atoms with Gasteiger partial charge in [0.2, 0.25) is 0 Å². The first-order valence-electron chi connectivity index (χ1n) is 7.61. The van der Waals surface area contributed by atoms with Gasteiger partial charge in [0, 0.05) is 18.5 Å². The number of aryl methyl sites for hydroxylation is 1. The van der Waals surface area contributed by atoms with E-state index in [9.17, 15) is 4.79 Å². The second-order valence-electron chi connectivity index (χ2n) is 5.41. The quantitative estimate of drug-likeness (QED) is 0.937. The van der Waals surface area contributed by atoms with E-state index in [1.807, 2.05) is 0 Å². The van der Waals surface area contributed by atoms with Crippen LogP contribution in [0.1, 0.15) is 41.3 Å². The standard InChI is InChI=1S/C16H20N4O2/c1-22-13-8-6-12(7-9-13)16(21)17-11-15-19-18-14-5-3-2-4-10-20(14)15/h6-9H,2-5,10-11H2,1H3,(H,17,21). The highest BCUT2D eigenvalue weighted by Crippen LogP contribution is 2.15. The predicted octanol–water partition coefficient (Wildman–Crippen LogP) is 1.94. The van der Waals surface area contributed by atoms with Crippen LogP contribution in [-0.2, 0) is 19.5 Å². The molecule has 0 fully saturated rings. The van der Waals surface area contributed by atoms with Crippen molar-refractivity contribution in [3.8, 4) is 5.75 Å². The Kier molecular flexibility index (Phi) is 4.37. The Morgan fingerprint density at radius 2 is 2.05 bits per heavy atom. The highest BCUT2D eigenvalue weighted by Gasteiger charge is 2.15. The van der Waals surface area contributed by atoms with Gasteiger partial charge in [-0.3, -0.25) is 4.79 Å². The van der Waals surface area contributed by atoms with Crippen LogP contribution in [0.4, 0.5) is 0 Å². The number of rotatable bonds is 4. The maximum Gasteiger partial charge on any atom is 0.251 e. The summed E-state index contributed by atoms with van der Waals surface area (Å²) in [5.41, 5.74) is 0.608. The summed E-state index contributed by atoms with van der Waals surface area (Å²) < 4.78 is 7.23. The third-order valence-electron chi connectivity index (χ3n) is 3.95. The van der Waals surface area contributed by atoms with Gasteiger partial charge >= 0.3 is 0 Å². The highest BCUT2D eigenvalue weighted by atomic mass is 16.5.